The number of hydrogen-bond donors (Lipinski definition) is 1. The lowest BCUT2D eigenvalue weighted by Crippen LogP contribution is -2.11. The summed E-state index contributed by atoms with van der Waals surface area (Å²) >= 11 is 0. The average Bonchev–Trinajstić information content (AvgIpc) is 2.16. The summed E-state index contributed by atoms with van der Waals surface area (Å²) in [7, 11) is -3.16. The molecule has 4 heteroatoms. The Balaban J connectivity index is 3.00. The first-order valence-corrected chi connectivity index (χ1v) is 6.44. The second-order valence-corrected chi connectivity index (χ2v) is 5.92. The average molecular weight is 225 g/mol. The van der Waals surface area contributed by atoms with Crippen LogP contribution >= 0.6 is 0 Å². The highest BCUT2D eigenvalue weighted by atomic mass is 32.2. The highest BCUT2D eigenvalue weighted by Crippen LogP contribution is 2.14. The third kappa shape index (κ3) is 3.16. The Labute approximate surface area is 90.6 Å². The molecule has 1 aromatic rings. The van der Waals surface area contributed by atoms with Crippen molar-refractivity contribution in [2.24, 2.45) is 5.92 Å². The van der Waals surface area contributed by atoms with Crippen LogP contribution in [-0.2, 0) is 9.84 Å². The zero-order chi connectivity index (χ0) is 11.5. The zero-order valence-corrected chi connectivity index (χ0v) is 9.71. The van der Waals surface area contributed by atoms with Crippen molar-refractivity contribution >= 4 is 16.1 Å². The SMILES string of the molecule is CC(C)CS(=O)(=O)c1ccc(C=N)cc1. The molecule has 0 radical (unpaired) electrons. The van der Waals surface area contributed by atoms with Crippen LogP contribution in [0.4, 0.5) is 0 Å². The van der Waals surface area contributed by atoms with Gasteiger partial charge < -0.3 is 5.41 Å². The lowest BCUT2D eigenvalue weighted by Gasteiger charge is -2.06. The Bertz CT molecular complexity index is 432. The topological polar surface area (TPSA) is 58.0 Å². The molecule has 0 spiro atoms. The van der Waals surface area contributed by atoms with E-state index < -0.39 is 9.84 Å². The minimum Gasteiger partial charge on any atom is -0.308 e. The van der Waals surface area contributed by atoms with Crippen LogP contribution in [0.5, 0.6) is 0 Å². The fraction of sp³-hybridized carbons (Fsp3) is 0.364. The van der Waals surface area contributed by atoms with Gasteiger partial charge in [-0.05, 0) is 23.6 Å². The van der Waals surface area contributed by atoms with Crippen LogP contribution < -0.4 is 0 Å². The van der Waals surface area contributed by atoms with Crippen LogP contribution in [0.15, 0.2) is 29.2 Å². The van der Waals surface area contributed by atoms with Gasteiger partial charge in [-0.1, -0.05) is 26.0 Å². The number of benzene rings is 1. The van der Waals surface area contributed by atoms with E-state index in [9.17, 15) is 8.42 Å². The first-order chi connectivity index (χ1) is 6.95. The van der Waals surface area contributed by atoms with Crippen LogP contribution in [0.1, 0.15) is 19.4 Å². The largest absolute Gasteiger partial charge is 0.308 e. The fourth-order valence-corrected chi connectivity index (χ4v) is 2.93. The number of hydrogen-bond acceptors (Lipinski definition) is 3. The maximum absolute atomic E-state index is 11.8. The molecule has 0 aliphatic carbocycles. The van der Waals surface area contributed by atoms with Gasteiger partial charge in [0.1, 0.15) is 0 Å². The fourth-order valence-electron chi connectivity index (χ4n) is 1.31. The van der Waals surface area contributed by atoms with Gasteiger partial charge in [0.05, 0.1) is 10.6 Å². The molecule has 3 nitrogen and oxygen atoms in total. The maximum Gasteiger partial charge on any atom is 0.178 e. The molecular weight excluding hydrogens is 210 g/mol. The lowest BCUT2D eigenvalue weighted by molar-refractivity contribution is 0.582. The van der Waals surface area contributed by atoms with Gasteiger partial charge in [0.25, 0.3) is 0 Å². The molecule has 1 rings (SSSR count). The molecule has 0 fully saturated rings. The minimum atomic E-state index is -3.16. The Kier molecular flexibility index (Phi) is 3.63. The third-order valence-electron chi connectivity index (χ3n) is 1.96. The van der Waals surface area contributed by atoms with E-state index in [1.807, 2.05) is 13.8 Å². The Morgan fingerprint density at radius 3 is 2.20 bits per heavy atom. The molecule has 0 atom stereocenters. The summed E-state index contributed by atoms with van der Waals surface area (Å²) in [4.78, 5) is 0.335. The molecule has 0 aliphatic rings. The van der Waals surface area contributed by atoms with Gasteiger partial charge in [-0.25, -0.2) is 8.42 Å². The van der Waals surface area contributed by atoms with Gasteiger partial charge in [-0.2, -0.15) is 0 Å². The molecule has 1 N–H and O–H groups in total. The molecular formula is C11H15NO2S. The van der Waals surface area contributed by atoms with Crippen molar-refractivity contribution in [3.05, 3.63) is 29.8 Å². The van der Waals surface area contributed by atoms with Gasteiger partial charge >= 0.3 is 0 Å². The quantitative estimate of drug-likeness (QED) is 0.798. The predicted octanol–water partition coefficient (Wildman–Crippen LogP) is 2.11. The maximum atomic E-state index is 11.8. The van der Waals surface area contributed by atoms with Crippen molar-refractivity contribution in [1.29, 1.82) is 5.41 Å². The van der Waals surface area contributed by atoms with Crippen LogP contribution in [0.25, 0.3) is 0 Å². The second kappa shape index (κ2) is 4.57. The van der Waals surface area contributed by atoms with Crippen molar-refractivity contribution in [2.75, 3.05) is 5.75 Å². The van der Waals surface area contributed by atoms with Crippen LogP contribution in [0.3, 0.4) is 0 Å². The number of nitrogens with one attached hydrogen (secondary N) is 1. The molecule has 0 heterocycles. The van der Waals surface area contributed by atoms with Crippen molar-refractivity contribution in [3.63, 3.8) is 0 Å². The van der Waals surface area contributed by atoms with Crippen molar-refractivity contribution in [1.82, 2.24) is 0 Å². The number of sulfone groups is 1. The molecule has 1 aromatic carbocycles. The van der Waals surface area contributed by atoms with E-state index in [0.717, 1.165) is 0 Å². The molecule has 0 amide bonds. The van der Waals surface area contributed by atoms with E-state index in [-0.39, 0.29) is 11.7 Å². The lowest BCUT2D eigenvalue weighted by atomic mass is 10.2. The molecule has 0 aliphatic heterocycles. The van der Waals surface area contributed by atoms with Crippen molar-refractivity contribution < 1.29 is 8.42 Å². The van der Waals surface area contributed by atoms with Gasteiger partial charge in [0, 0.05) is 6.21 Å². The van der Waals surface area contributed by atoms with Crippen LogP contribution in [-0.4, -0.2) is 20.4 Å². The second-order valence-electron chi connectivity index (χ2n) is 3.89. The summed E-state index contributed by atoms with van der Waals surface area (Å²) in [5, 5.41) is 7.01. The molecule has 15 heavy (non-hydrogen) atoms. The molecule has 0 bridgehead atoms. The molecule has 0 saturated heterocycles. The van der Waals surface area contributed by atoms with Gasteiger partial charge in [0.2, 0.25) is 0 Å². The standard InChI is InChI=1S/C11H15NO2S/c1-9(2)8-15(13,14)11-5-3-10(7-12)4-6-11/h3-7,9,12H,8H2,1-2H3. The number of rotatable bonds is 4. The zero-order valence-electron chi connectivity index (χ0n) is 8.90. The normalized spacial score (nSPS) is 11.7. The summed E-state index contributed by atoms with van der Waals surface area (Å²) in [5.74, 6) is 0.286. The first kappa shape index (κ1) is 11.9. The summed E-state index contributed by atoms with van der Waals surface area (Å²) in [5.41, 5.74) is 0.707. The highest BCUT2D eigenvalue weighted by Gasteiger charge is 2.15. The predicted molar refractivity (Wildman–Crippen MR) is 61.2 cm³/mol. The Hall–Kier alpha value is -1.16. The van der Waals surface area contributed by atoms with Gasteiger partial charge in [-0.15, -0.1) is 0 Å². The third-order valence-corrected chi connectivity index (χ3v) is 4.05. The van der Waals surface area contributed by atoms with E-state index in [2.05, 4.69) is 0 Å². The summed E-state index contributed by atoms with van der Waals surface area (Å²) in [6.07, 6.45) is 1.19. The highest BCUT2D eigenvalue weighted by molar-refractivity contribution is 7.91. The van der Waals surface area contributed by atoms with Crippen LogP contribution in [0.2, 0.25) is 0 Å². The van der Waals surface area contributed by atoms with Crippen molar-refractivity contribution in [3.8, 4) is 0 Å². The molecule has 82 valence electrons. The van der Waals surface area contributed by atoms with Crippen LogP contribution in [0, 0.1) is 11.3 Å². The van der Waals surface area contributed by atoms with E-state index in [1.54, 1.807) is 24.3 Å². The Morgan fingerprint density at radius 1 is 1.27 bits per heavy atom. The molecule has 0 unspecified atom stereocenters. The molecule has 0 saturated carbocycles. The van der Waals surface area contributed by atoms with E-state index >= 15 is 0 Å². The van der Waals surface area contributed by atoms with Crippen molar-refractivity contribution in [2.45, 2.75) is 18.7 Å². The summed E-state index contributed by atoms with van der Waals surface area (Å²) < 4.78 is 23.6. The minimum absolute atomic E-state index is 0.123. The Morgan fingerprint density at radius 2 is 1.80 bits per heavy atom. The van der Waals surface area contributed by atoms with E-state index in [0.29, 0.717) is 10.5 Å². The monoisotopic (exact) mass is 225 g/mol. The van der Waals surface area contributed by atoms with Gasteiger partial charge in [-0.3, -0.25) is 0 Å². The van der Waals surface area contributed by atoms with E-state index in [1.165, 1.54) is 6.21 Å². The first-order valence-electron chi connectivity index (χ1n) is 4.79. The summed E-state index contributed by atoms with van der Waals surface area (Å²) in [6, 6.07) is 6.39. The molecule has 0 aromatic heterocycles. The smallest absolute Gasteiger partial charge is 0.178 e. The van der Waals surface area contributed by atoms with E-state index in [4.69, 9.17) is 5.41 Å². The summed E-state index contributed by atoms with van der Waals surface area (Å²) in [6.45, 7) is 3.76. The van der Waals surface area contributed by atoms with Gasteiger partial charge in [0.15, 0.2) is 9.84 Å².